The molecule has 6 nitrogen and oxygen atoms in total. The summed E-state index contributed by atoms with van der Waals surface area (Å²) >= 11 is 7.83. The Labute approximate surface area is 163 Å². The van der Waals surface area contributed by atoms with E-state index in [1.807, 2.05) is 0 Å². The number of hydrogen-bond donors (Lipinski definition) is 0. The zero-order valence-corrected chi connectivity index (χ0v) is 16.9. The van der Waals surface area contributed by atoms with Crippen LogP contribution in [0.25, 0.3) is 10.3 Å². The Bertz CT molecular complexity index is 741. The van der Waals surface area contributed by atoms with Crippen molar-refractivity contribution in [3.05, 3.63) is 10.3 Å². The molecule has 0 N–H and O–H groups in total. The molecule has 2 aromatic rings. The number of halogens is 1. The van der Waals surface area contributed by atoms with Gasteiger partial charge in [-0.05, 0) is 43.5 Å². The molecule has 142 valence electrons. The zero-order valence-electron chi connectivity index (χ0n) is 15.3. The number of thiazole rings is 1. The maximum absolute atomic E-state index is 6.18. The van der Waals surface area contributed by atoms with Crippen molar-refractivity contribution in [2.24, 2.45) is 5.92 Å². The number of morpholine rings is 1. The van der Waals surface area contributed by atoms with Crippen molar-refractivity contribution in [3.63, 3.8) is 0 Å². The Morgan fingerprint density at radius 2 is 1.88 bits per heavy atom. The zero-order chi connectivity index (χ0) is 17.9. The van der Waals surface area contributed by atoms with E-state index in [9.17, 15) is 0 Å². The van der Waals surface area contributed by atoms with E-state index in [2.05, 4.69) is 26.7 Å². The van der Waals surface area contributed by atoms with Gasteiger partial charge in [-0.15, -0.1) is 0 Å². The molecule has 2 saturated heterocycles. The molecule has 0 aliphatic carbocycles. The second-order valence-electron chi connectivity index (χ2n) is 7.19. The molecule has 0 atom stereocenters. The van der Waals surface area contributed by atoms with Gasteiger partial charge in [-0.3, -0.25) is 4.90 Å². The molecule has 2 aromatic heterocycles. The van der Waals surface area contributed by atoms with Crippen molar-refractivity contribution in [2.45, 2.75) is 39.2 Å². The Morgan fingerprint density at radius 1 is 1.12 bits per heavy atom. The molecule has 4 rings (SSSR count). The fourth-order valence-electron chi connectivity index (χ4n) is 3.92. The highest BCUT2D eigenvalue weighted by atomic mass is 35.5. The lowest BCUT2D eigenvalue weighted by Gasteiger charge is -2.31. The average molecular weight is 396 g/mol. The highest BCUT2D eigenvalue weighted by molar-refractivity contribution is 7.18. The predicted molar refractivity (Wildman–Crippen MR) is 106 cm³/mol. The molecule has 4 heterocycles. The smallest absolute Gasteiger partial charge is 0.225 e. The second-order valence-corrected chi connectivity index (χ2v) is 8.59. The molecule has 2 fully saturated rings. The number of hydrogen-bond acceptors (Lipinski definition) is 7. The van der Waals surface area contributed by atoms with Gasteiger partial charge in [0.05, 0.1) is 19.8 Å². The van der Waals surface area contributed by atoms with Gasteiger partial charge in [0.1, 0.15) is 10.5 Å². The number of piperidine rings is 1. The van der Waals surface area contributed by atoms with Crippen LogP contribution in [0, 0.1) is 5.92 Å². The standard InChI is InChI=1S/C18H26ClN5OS/c1-2-3-13-4-6-23(7-5-13)12-14-20-15-16(24-8-10-25-11-9-24)21-18(19)22-17(15)26-14/h13H,2-12H2,1H3. The van der Waals surface area contributed by atoms with Crippen LogP contribution in [-0.4, -0.2) is 59.2 Å². The summed E-state index contributed by atoms with van der Waals surface area (Å²) in [5.41, 5.74) is 0.886. The van der Waals surface area contributed by atoms with E-state index < -0.39 is 0 Å². The van der Waals surface area contributed by atoms with E-state index in [-0.39, 0.29) is 0 Å². The predicted octanol–water partition coefficient (Wildman–Crippen LogP) is 3.59. The first-order valence-corrected chi connectivity index (χ1v) is 10.8. The van der Waals surface area contributed by atoms with E-state index in [0.717, 1.165) is 46.7 Å². The Morgan fingerprint density at radius 3 is 2.62 bits per heavy atom. The lowest BCUT2D eigenvalue weighted by Crippen LogP contribution is -2.37. The Balaban J connectivity index is 1.50. The molecule has 0 bridgehead atoms. The summed E-state index contributed by atoms with van der Waals surface area (Å²) in [6.07, 6.45) is 5.28. The summed E-state index contributed by atoms with van der Waals surface area (Å²) in [7, 11) is 0. The third-order valence-electron chi connectivity index (χ3n) is 5.33. The van der Waals surface area contributed by atoms with Crippen LogP contribution >= 0.6 is 22.9 Å². The van der Waals surface area contributed by atoms with Gasteiger partial charge in [-0.25, -0.2) is 9.97 Å². The van der Waals surface area contributed by atoms with Crippen LogP contribution in [0.3, 0.4) is 0 Å². The van der Waals surface area contributed by atoms with Crippen molar-refractivity contribution in [3.8, 4) is 0 Å². The highest BCUT2D eigenvalue weighted by Crippen LogP contribution is 2.31. The van der Waals surface area contributed by atoms with Crippen LogP contribution in [0.2, 0.25) is 5.28 Å². The van der Waals surface area contributed by atoms with E-state index in [4.69, 9.17) is 21.3 Å². The number of likely N-dealkylation sites (tertiary alicyclic amines) is 1. The molecule has 2 aliphatic heterocycles. The average Bonchev–Trinajstić information content (AvgIpc) is 3.05. The van der Waals surface area contributed by atoms with E-state index in [1.54, 1.807) is 11.3 Å². The first-order valence-electron chi connectivity index (χ1n) is 9.61. The van der Waals surface area contributed by atoms with Crippen LogP contribution in [0.4, 0.5) is 5.82 Å². The monoisotopic (exact) mass is 395 g/mol. The SMILES string of the molecule is CCCC1CCN(Cc2nc3c(N4CCOCC4)nc(Cl)nc3s2)CC1. The number of fused-ring (bicyclic) bond motifs is 1. The largest absolute Gasteiger partial charge is 0.378 e. The van der Waals surface area contributed by atoms with Crippen LogP contribution < -0.4 is 4.90 Å². The summed E-state index contributed by atoms with van der Waals surface area (Å²) in [6.45, 7) is 8.60. The van der Waals surface area contributed by atoms with Crippen LogP contribution in [0.1, 0.15) is 37.6 Å². The summed E-state index contributed by atoms with van der Waals surface area (Å²) in [6, 6.07) is 0. The fraction of sp³-hybridized carbons (Fsp3) is 0.722. The van der Waals surface area contributed by atoms with Gasteiger partial charge in [0.15, 0.2) is 10.6 Å². The minimum Gasteiger partial charge on any atom is -0.378 e. The molecule has 0 saturated carbocycles. The first kappa shape index (κ1) is 18.3. The number of rotatable bonds is 5. The Hall–Kier alpha value is -1.02. The van der Waals surface area contributed by atoms with E-state index >= 15 is 0 Å². The van der Waals surface area contributed by atoms with Crippen molar-refractivity contribution < 1.29 is 4.74 Å². The maximum Gasteiger partial charge on any atom is 0.225 e. The van der Waals surface area contributed by atoms with Gasteiger partial charge in [0.2, 0.25) is 5.28 Å². The first-order chi connectivity index (χ1) is 12.7. The van der Waals surface area contributed by atoms with E-state index in [0.29, 0.717) is 18.5 Å². The molecule has 0 spiro atoms. The normalized spacial score (nSPS) is 20.2. The Kier molecular flexibility index (Phi) is 5.88. The van der Waals surface area contributed by atoms with Gasteiger partial charge in [-0.2, -0.15) is 4.98 Å². The van der Waals surface area contributed by atoms with Crippen molar-refractivity contribution in [2.75, 3.05) is 44.3 Å². The van der Waals surface area contributed by atoms with E-state index in [1.165, 1.54) is 38.8 Å². The molecule has 8 heteroatoms. The van der Waals surface area contributed by atoms with Crippen molar-refractivity contribution >= 4 is 39.1 Å². The fourth-order valence-corrected chi connectivity index (χ4v) is 5.11. The van der Waals surface area contributed by atoms with Gasteiger partial charge >= 0.3 is 0 Å². The van der Waals surface area contributed by atoms with Gasteiger partial charge < -0.3 is 9.64 Å². The number of aromatic nitrogens is 3. The van der Waals surface area contributed by atoms with Crippen molar-refractivity contribution in [1.82, 2.24) is 19.9 Å². The maximum atomic E-state index is 6.18. The van der Waals surface area contributed by atoms with Crippen LogP contribution in [0.5, 0.6) is 0 Å². The lowest BCUT2D eigenvalue weighted by atomic mass is 9.92. The second kappa shape index (κ2) is 8.33. The third-order valence-corrected chi connectivity index (χ3v) is 6.43. The lowest BCUT2D eigenvalue weighted by molar-refractivity contribution is 0.122. The van der Waals surface area contributed by atoms with Gasteiger partial charge in [-0.1, -0.05) is 31.1 Å². The topological polar surface area (TPSA) is 54.4 Å². The molecular weight excluding hydrogens is 370 g/mol. The van der Waals surface area contributed by atoms with Gasteiger partial charge in [0.25, 0.3) is 0 Å². The van der Waals surface area contributed by atoms with Crippen LogP contribution in [-0.2, 0) is 11.3 Å². The van der Waals surface area contributed by atoms with Gasteiger partial charge in [0, 0.05) is 13.1 Å². The number of ether oxygens (including phenoxy) is 1. The van der Waals surface area contributed by atoms with Crippen LogP contribution in [0.15, 0.2) is 0 Å². The molecule has 0 radical (unpaired) electrons. The molecule has 26 heavy (non-hydrogen) atoms. The highest BCUT2D eigenvalue weighted by Gasteiger charge is 2.23. The minimum atomic E-state index is 0.301. The molecule has 0 aromatic carbocycles. The summed E-state index contributed by atoms with van der Waals surface area (Å²) in [5, 5.41) is 1.41. The quantitative estimate of drug-likeness (QED) is 0.721. The third kappa shape index (κ3) is 4.11. The molecule has 2 aliphatic rings. The summed E-state index contributed by atoms with van der Waals surface area (Å²) in [4.78, 5) is 19.4. The van der Waals surface area contributed by atoms with Crippen molar-refractivity contribution in [1.29, 1.82) is 0 Å². The molecule has 0 unspecified atom stereocenters. The number of anilines is 1. The molecular formula is C18H26ClN5OS. The molecule has 0 amide bonds. The minimum absolute atomic E-state index is 0.301. The summed E-state index contributed by atoms with van der Waals surface area (Å²) < 4.78 is 5.45. The number of nitrogens with zero attached hydrogens (tertiary/aromatic N) is 5. The summed E-state index contributed by atoms with van der Waals surface area (Å²) in [5.74, 6) is 1.76.